The highest BCUT2D eigenvalue weighted by Crippen LogP contribution is 2.33. The molecule has 0 unspecified atom stereocenters. The number of H-pyrrole nitrogens is 2. The molecule has 0 aliphatic carbocycles. The van der Waals surface area contributed by atoms with Crippen LogP contribution in [0.3, 0.4) is 0 Å². The molecule has 2 aliphatic rings. The van der Waals surface area contributed by atoms with Gasteiger partial charge in [0.2, 0.25) is 5.91 Å². The van der Waals surface area contributed by atoms with Gasteiger partial charge in [-0.25, -0.2) is 4.98 Å². The van der Waals surface area contributed by atoms with Crippen LogP contribution >= 0.6 is 0 Å². The number of piperazine rings is 1. The number of aryl methyl sites for hydroxylation is 1. The molecule has 38 heavy (non-hydrogen) atoms. The lowest BCUT2D eigenvalue weighted by molar-refractivity contribution is -0.135. The van der Waals surface area contributed by atoms with E-state index in [0.717, 1.165) is 33.9 Å². The Bertz CT molecular complexity index is 1520. The topological polar surface area (TPSA) is 114 Å². The molecule has 0 radical (unpaired) electrons. The summed E-state index contributed by atoms with van der Waals surface area (Å²) >= 11 is 0. The van der Waals surface area contributed by atoms with Crippen LogP contribution in [0.1, 0.15) is 53.4 Å². The SMILES string of the molecule is Cc1ccc2[nH]c(C(=O)N[C@@H](CC(C)C)C(=O)N3C[C@@H]4C[C@H]3CN4C(=O)c3nc4ccccc4[nH]3)cc2c1. The summed E-state index contributed by atoms with van der Waals surface area (Å²) in [5.74, 6) is 0.0452. The lowest BCUT2D eigenvalue weighted by Gasteiger charge is -2.36. The first-order valence-electron chi connectivity index (χ1n) is 13.2. The van der Waals surface area contributed by atoms with Crippen LogP contribution in [-0.2, 0) is 4.79 Å². The number of rotatable bonds is 6. The van der Waals surface area contributed by atoms with Gasteiger partial charge in [-0.3, -0.25) is 14.4 Å². The van der Waals surface area contributed by atoms with Gasteiger partial charge in [-0.15, -0.1) is 0 Å². The minimum atomic E-state index is -0.630. The van der Waals surface area contributed by atoms with Gasteiger partial charge in [-0.2, -0.15) is 0 Å². The maximum Gasteiger partial charge on any atom is 0.290 e. The van der Waals surface area contributed by atoms with Crippen molar-refractivity contribution < 1.29 is 14.4 Å². The lowest BCUT2D eigenvalue weighted by atomic mass is 10.0. The molecule has 2 aromatic carbocycles. The lowest BCUT2D eigenvalue weighted by Crippen LogP contribution is -2.56. The molecular formula is C29H32N6O3. The van der Waals surface area contributed by atoms with E-state index in [1.54, 1.807) is 0 Å². The summed E-state index contributed by atoms with van der Waals surface area (Å²) in [6.45, 7) is 7.03. The van der Waals surface area contributed by atoms with Crippen molar-refractivity contribution in [3.8, 4) is 0 Å². The number of nitrogens with one attached hydrogen (secondary N) is 3. The molecule has 3 amide bonds. The van der Waals surface area contributed by atoms with Crippen molar-refractivity contribution in [1.82, 2.24) is 30.1 Å². The van der Waals surface area contributed by atoms with E-state index in [2.05, 4.69) is 20.3 Å². The second kappa shape index (κ2) is 9.31. The first kappa shape index (κ1) is 24.2. The molecule has 3 atom stereocenters. The van der Waals surface area contributed by atoms with Crippen LogP contribution in [0.25, 0.3) is 21.9 Å². The fourth-order valence-corrected chi connectivity index (χ4v) is 5.88. The van der Waals surface area contributed by atoms with Gasteiger partial charge in [-0.1, -0.05) is 37.6 Å². The Labute approximate surface area is 220 Å². The second-order valence-corrected chi connectivity index (χ2v) is 11.0. The number of nitrogens with zero attached hydrogens (tertiary/aromatic N) is 3. The average Bonchev–Trinajstić information content (AvgIpc) is 3.68. The van der Waals surface area contributed by atoms with E-state index >= 15 is 0 Å². The number of benzene rings is 2. The summed E-state index contributed by atoms with van der Waals surface area (Å²) in [5, 5.41) is 3.96. The molecule has 3 N–H and O–H groups in total. The number of aromatic amines is 2. The van der Waals surface area contributed by atoms with Crippen LogP contribution in [0, 0.1) is 12.8 Å². The van der Waals surface area contributed by atoms with Crippen LogP contribution in [-0.4, -0.2) is 73.7 Å². The molecule has 9 heteroatoms. The Kier molecular flexibility index (Phi) is 5.93. The van der Waals surface area contributed by atoms with Crippen molar-refractivity contribution in [3.63, 3.8) is 0 Å². The molecule has 2 fully saturated rings. The zero-order chi connectivity index (χ0) is 26.6. The van der Waals surface area contributed by atoms with E-state index in [1.807, 2.05) is 79.1 Å². The predicted molar refractivity (Wildman–Crippen MR) is 145 cm³/mol. The van der Waals surface area contributed by atoms with E-state index in [1.165, 1.54) is 0 Å². The second-order valence-electron chi connectivity index (χ2n) is 11.0. The summed E-state index contributed by atoms with van der Waals surface area (Å²) in [6, 6.07) is 14.6. The van der Waals surface area contributed by atoms with Gasteiger partial charge < -0.3 is 25.1 Å². The Morgan fingerprint density at radius 1 is 1.00 bits per heavy atom. The molecule has 2 bridgehead atoms. The highest BCUT2D eigenvalue weighted by Gasteiger charge is 2.48. The Morgan fingerprint density at radius 3 is 2.50 bits per heavy atom. The molecule has 2 saturated heterocycles. The zero-order valence-electron chi connectivity index (χ0n) is 21.8. The summed E-state index contributed by atoms with van der Waals surface area (Å²) in [4.78, 5) is 54.5. The number of carbonyl (C=O) groups excluding carboxylic acids is 3. The molecule has 0 saturated carbocycles. The van der Waals surface area contributed by atoms with E-state index < -0.39 is 6.04 Å². The van der Waals surface area contributed by atoms with E-state index in [0.29, 0.717) is 31.0 Å². The minimum Gasteiger partial charge on any atom is -0.351 e. The monoisotopic (exact) mass is 512 g/mol. The van der Waals surface area contributed by atoms with Gasteiger partial charge in [-0.05, 0) is 56.0 Å². The molecular weight excluding hydrogens is 480 g/mol. The minimum absolute atomic E-state index is 0.0583. The number of hydrogen-bond acceptors (Lipinski definition) is 4. The zero-order valence-corrected chi connectivity index (χ0v) is 21.8. The maximum atomic E-state index is 13.7. The van der Waals surface area contributed by atoms with Crippen LogP contribution in [0.2, 0.25) is 0 Å². The Morgan fingerprint density at radius 2 is 1.76 bits per heavy atom. The normalized spacial score (nSPS) is 19.6. The number of hydrogen-bond donors (Lipinski definition) is 3. The van der Waals surface area contributed by atoms with Crippen molar-refractivity contribution in [2.24, 2.45) is 5.92 Å². The molecule has 196 valence electrons. The van der Waals surface area contributed by atoms with Gasteiger partial charge >= 0.3 is 0 Å². The fraction of sp³-hybridized carbons (Fsp3) is 0.379. The van der Waals surface area contributed by atoms with E-state index in [-0.39, 0.29) is 35.7 Å². The number of fused-ring (bicyclic) bond motifs is 4. The molecule has 9 nitrogen and oxygen atoms in total. The molecule has 0 spiro atoms. The van der Waals surface area contributed by atoms with Crippen molar-refractivity contribution in [1.29, 1.82) is 0 Å². The van der Waals surface area contributed by atoms with Crippen molar-refractivity contribution in [2.45, 2.75) is 51.7 Å². The third-order valence-electron chi connectivity index (χ3n) is 7.71. The maximum absolute atomic E-state index is 13.7. The van der Waals surface area contributed by atoms with Gasteiger partial charge in [0.05, 0.1) is 23.1 Å². The summed E-state index contributed by atoms with van der Waals surface area (Å²) in [7, 11) is 0. The van der Waals surface area contributed by atoms with Gasteiger partial charge in [0.15, 0.2) is 5.82 Å². The fourth-order valence-electron chi connectivity index (χ4n) is 5.88. The standard InChI is InChI=1S/C29H32N6O3/c1-16(2)10-25(33-27(36)24-12-18-11-17(3)8-9-21(18)30-24)28(37)34-14-20-13-19(34)15-35(20)29(38)26-31-22-6-4-5-7-23(22)32-26/h4-9,11-12,16,19-20,25,30H,10,13-15H2,1-3H3,(H,31,32)(H,33,36)/t19-,20-,25-/m0/s1. The number of carbonyl (C=O) groups is 3. The Hall–Kier alpha value is -4.14. The highest BCUT2D eigenvalue weighted by atomic mass is 16.2. The van der Waals surface area contributed by atoms with Crippen LogP contribution in [0.15, 0.2) is 48.5 Å². The van der Waals surface area contributed by atoms with E-state index in [9.17, 15) is 14.4 Å². The summed E-state index contributed by atoms with van der Waals surface area (Å²) < 4.78 is 0. The van der Waals surface area contributed by atoms with Gasteiger partial charge in [0, 0.05) is 24.0 Å². The summed E-state index contributed by atoms with van der Waals surface area (Å²) in [5.41, 5.74) is 4.04. The number of aromatic nitrogens is 3. The van der Waals surface area contributed by atoms with Crippen LogP contribution in [0.5, 0.6) is 0 Å². The predicted octanol–water partition coefficient (Wildman–Crippen LogP) is 3.62. The van der Waals surface area contributed by atoms with Crippen LogP contribution in [0.4, 0.5) is 0 Å². The Balaban J connectivity index is 1.15. The number of likely N-dealkylation sites (tertiary alicyclic amines) is 2. The van der Waals surface area contributed by atoms with Gasteiger partial charge in [0.1, 0.15) is 11.7 Å². The summed E-state index contributed by atoms with van der Waals surface area (Å²) in [6.07, 6.45) is 1.28. The first-order chi connectivity index (χ1) is 18.3. The largest absolute Gasteiger partial charge is 0.351 e. The van der Waals surface area contributed by atoms with Crippen LogP contribution < -0.4 is 5.32 Å². The molecule has 6 rings (SSSR count). The molecule has 2 aliphatic heterocycles. The smallest absolute Gasteiger partial charge is 0.290 e. The quantitative estimate of drug-likeness (QED) is 0.366. The third kappa shape index (κ3) is 4.31. The number of imidazole rings is 1. The first-order valence-corrected chi connectivity index (χ1v) is 13.2. The van der Waals surface area contributed by atoms with Crippen molar-refractivity contribution in [3.05, 3.63) is 65.6 Å². The molecule has 4 aromatic rings. The van der Waals surface area contributed by atoms with E-state index in [4.69, 9.17) is 0 Å². The number of amides is 3. The molecule has 4 heterocycles. The van der Waals surface area contributed by atoms with Crippen molar-refractivity contribution >= 4 is 39.7 Å². The highest BCUT2D eigenvalue weighted by molar-refractivity contribution is 6.00. The molecule has 2 aromatic heterocycles. The average molecular weight is 513 g/mol. The number of para-hydroxylation sites is 2. The van der Waals surface area contributed by atoms with Gasteiger partial charge in [0.25, 0.3) is 11.8 Å². The third-order valence-corrected chi connectivity index (χ3v) is 7.71. The van der Waals surface area contributed by atoms with Crippen molar-refractivity contribution in [2.75, 3.05) is 13.1 Å².